The maximum atomic E-state index is 10.3. The van der Waals surface area contributed by atoms with Gasteiger partial charge in [-0.15, -0.1) is 6.42 Å². The lowest BCUT2D eigenvalue weighted by molar-refractivity contribution is 0.302. The van der Waals surface area contributed by atoms with Gasteiger partial charge in [0.05, 0.1) is 6.61 Å². The van der Waals surface area contributed by atoms with Gasteiger partial charge < -0.3 is 14.9 Å². The Morgan fingerprint density at radius 1 is 0.759 bits per heavy atom. The molecule has 0 radical (unpaired) electrons. The van der Waals surface area contributed by atoms with Crippen molar-refractivity contribution in [2.24, 2.45) is 0 Å². The largest absolute Gasteiger partial charge is 0.507 e. The van der Waals surface area contributed by atoms with E-state index in [1.165, 1.54) is 63.9 Å². The van der Waals surface area contributed by atoms with Crippen LogP contribution in [0.25, 0.3) is 11.1 Å². The molecule has 0 saturated carbocycles. The summed E-state index contributed by atoms with van der Waals surface area (Å²) in [6, 6.07) is 10.1. The highest BCUT2D eigenvalue weighted by atomic mass is 16.5. The van der Waals surface area contributed by atoms with Gasteiger partial charge >= 0.3 is 0 Å². The van der Waals surface area contributed by atoms with E-state index in [0.717, 1.165) is 6.42 Å². The minimum atomic E-state index is 0.0507. The van der Waals surface area contributed by atoms with E-state index < -0.39 is 0 Å². The lowest BCUT2D eigenvalue weighted by Gasteiger charge is -2.11. The van der Waals surface area contributed by atoms with Gasteiger partial charge in [-0.3, -0.25) is 0 Å². The lowest BCUT2D eigenvalue weighted by atomic mass is 10.0. The Hall–Kier alpha value is -2.60. The second-order valence-electron chi connectivity index (χ2n) is 7.59. The molecule has 3 heteroatoms. The normalized spacial score (nSPS) is 10.6. The van der Waals surface area contributed by atoms with Gasteiger partial charge in [0, 0.05) is 22.8 Å². The third-order valence-corrected chi connectivity index (χ3v) is 5.19. The van der Waals surface area contributed by atoms with Crippen molar-refractivity contribution in [3.63, 3.8) is 0 Å². The van der Waals surface area contributed by atoms with Crippen molar-refractivity contribution in [2.45, 2.75) is 71.1 Å². The number of ether oxygens (including phenoxy) is 1. The third-order valence-electron chi connectivity index (χ3n) is 5.19. The maximum absolute atomic E-state index is 10.3. The third kappa shape index (κ3) is 7.74. The first-order valence-corrected chi connectivity index (χ1v) is 10.9. The van der Waals surface area contributed by atoms with Crippen LogP contribution in [0.1, 0.15) is 76.7 Å². The predicted octanol–water partition coefficient (Wildman–Crippen LogP) is 7.05. The molecular weight excluding hydrogens is 360 g/mol. The Bertz CT molecular complexity index is 789. The number of hydrogen-bond acceptors (Lipinski definition) is 3. The van der Waals surface area contributed by atoms with Crippen LogP contribution in [0.4, 0.5) is 0 Å². The van der Waals surface area contributed by atoms with Crippen LogP contribution in [0.15, 0.2) is 36.4 Å². The van der Waals surface area contributed by atoms with E-state index in [-0.39, 0.29) is 11.5 Å². The van der Waals surface area contributed by atoms with Crippen molar-refractivity contribution in [3.8, 4) is 40.7 Å². The zero-order valence-electron chi connectivity index (χ0n) is 17.6. The van der Waals surface area contributed by atoms with Gasteiger partial charge in [-0.25, -0.2) is 0 Å². The average molecular weight is 395 g/mol. The second kappa shape index (κ2) is 12.8. The Labute approximate surface area is 175 Å². The lowest BCUT2D eigenvalue weighted by Crippen LogP contribution is -1.97. The number of terminal acetylenes is 1. The van der Waals surface area contributed by atoms with Crippen LogP contribution < -0.4 is 4.74 Å². The van der Waals surface area contributed by atoms with Gasteiger partial charge in [-0.2, -0.15) is 0 Å². The highest BCUT2D eigenvalue weighted by Gasteiger charge is 2.10. The number of rotatable bonds is 13. The fourth-order valence-corrected chi connectivity index (χ4v) is 3.46. The van der Waals surface area contributed by atoms with Gasteiger partial charge in [0.1, 0.15) is 17.2 Å². The summed E-state index contributed by atoms with van der Waals surface area (Å²) in [4.78, 5) is 0. The molecule has 2 aromatic carbocycles. The summed E-state index contributed by atoms with van der Waals surface area (Å²) in [5, 5.41) is 20.5. The molecule has 3 nitrogen and oxygen atoms in total. The Balaban J connectivity index is 1.70. The molecule has 0 aliphatic heterocycles. The van der Waals surface area contributed by atoms with E-state index in [1.807, 2.05) is 6.07 Å². The minimum Gasteiger partial charge on any atom is -0.507 e. The summed E-state index contributed by atoms with van der Waals surface area (Å²) in [6.07, 6.45) is 18.2. The molecule has 156 valence electrons. The van der Waals surface area contributed by atoms with Crippen molar-refractivity contribution in [1.82, 2.24) is 0 Å². The molecular formula is C26H34O3. The molecule has 0 aromatic heterocycles. The van der Waals surface area contributed by atoms with Crippen LogP contribution in [0.5, 0.6) is 17.2 Å². The van der Waals surface area contributed by atoms with Crippen molar-refractivity contribution in [2.75, 3.05) is 6.61 Å². The van der Waals surface area contributed by atoms with E-state index in [4.69, 9.17) is 11.2 Å². The fourth-order valence-electron chi connectivity index (χ4n) is 3.46. The van der Waals surface area contributed by atoms with Gasteiger partial charge in [0.15, 0.2) is 0 Å². The minimum absolute atomic E-state index is 0.0507. The molecule has 0 atom stereocenters. The summed E-state index contributed by atoms with van der Waals surface area (Å²) >= 11 is 0. The molecule has 0 amide bonds. The van der Waals surface area contributed by atoms with Crippen molar-refractivity contribution in [3.05, 3.63) is 42.0 Å². The molecule has 2 aromatic rings. The Kier molecular flexibility index (Phi) is 10.00. The molecule has 0 heterocycles. The SMILES string of the molecule is C#Cc1ccc(-c2ccc(OCCCCCCCCCCCC)cc2O)c(O)c1. The first-order chi connectivity index (χ1) is 14.2. The number of benzene rings is 2. The summed E-state index contributed by atoms with van der Waals surface area (Å²) in [7, 11) is 0. The molecule has 2 rings (SSSR count). The quantitative estimate of drug-likeness (QED) is 0.283. The number of aromatic hydroxyl groups is 2. The number of unbranched alkanes of at least 4 members (excludes halogenated alkanes) is 9. The standard InChI is InChI=1S/C26H34O3/c1-3-5-6-7-8-9-10-11-12-13-18-29-22-15-17-24(26(28)20-22)23-16-14-21(4-2)19-25(23)27/h2,14-17,19-20,27-28H,3,5-13,18H2,1H3. The van der Waals surface area contributed by atoms with Crippen molar-refractivity contribution < 1.29 is 14.9 Å². The van der Waals surface area contributed by atoms with Crippen molar-refractivity contribution >= 4 is 0 Å². The van der Waals surface area contributed by atoms with Crippen LogP contribution in [0, 0.1) is 12.3 Å². The average Bonchev–Trinajstić information content (AvgIpc) is 2.72. The Morgan fingerprint density at radius 3 is 1.86 bits per heavy atom. The van der Waals surface area contributed by atoms with Crippen LogP contribution >= 0.6 is 0 Å². The van der Waals surface area contributed by atoms with E-state index >= 15 is 0 Å². The van der Waals surface area contributed by atoms with Crippen LogP contribution in [0.3, 0.4) is 0 Å². The number of phenols is 2. The molecule has 29 heavy (non-hydrogen) atoms. The topological polar surface area (TPSA) is 49.7 Å². The molecule has 0 aliphatic rings. The summed E-state index contributed by atoms with van der Waals surface area (Å²) in [5.41, 5.74) is 1.70. The molecule has 2 N–H and O–H groups in total. The van der Waals surface area contributed by atoms with Crippen LogP contribution in [0.2, 0.25) is 0 Å². The van der Waals surface area contributed by atoms with E-state index in [9.17, 15) is 10.2 Å². The smallest absolute Gasteiger partial charge is 0.127 e. The number of hydrogen-bond donors (Lipinski definition) is 2. The fraction of sp³-hybridized carbons (Fsp3) is 0.462. The molecule has 0 aliphatic carbocycles. The molecule has 0 fully saturated rings. The van der Waals surface area contributed by atoms with Gasteiger partial charge in [-0.05, 0) is 36.8 Å². The zero-order valence-corrected chi connectivity index (χ0v) is 17.6. The summed E-state index contributed by atoms with van der Waals surface area (Å²) in [5.74, 6) is 3.25. The summed E-state index contributed by atoms with van der Waals surface area (Å²) < 4.78 is 5.77. The number of phenolic OH excluding ortho intramolecular Hbond substituents is 2. The van der Waals surface area contributed by atoms with E-state index in [1.54, 1.807) is 24.3 Å². The molecule has 0 saturated heterocycles. The second-order valence-corrected chi connectivity index (χ2v) is 7.59. The first kappa shape index (κ1) is 22.7. The molecule has 0 spiro atoms. The molecule has 0 unspecified atom stereocenters. The maximum Gasteiger partial charge on any atom is 0.127 e. The monoisotopic (exact) mass is 394 g/mol. The highest BCUT2D eigenvalue weighted by molar-refractivity contribution is 5.76. The Morgan fingerprint density at radius 2 is 1.31 bits per heavy atom. The zero-order chi connectivity index (χ0) is 20.9. The van der Waals surface area contributed by atoms with Crippen molar-refractivity contribution in [1.29, 1.82) is 0 Å². The van der Waals surface area contributed by atoms with Gasteiger partial charge in [-0.1, -0.05) is 70.6 Å². The van der Waals surface area contributed by atoms with Crippen LogP contribution in [-0.4, -0.2) is 16.8 Å². The van der Waals surface area contributed by atoms with E-state index in [0.29, 0.717) is 29.0 Å². The molecule has 0 bridgehead atoms. The van der Waals surface area contributed by atoms with Gasteiger partial charge in [0.25, 0.3) is 0 Å². The first-order valence-electron chi connectivity index (χ1n) is 10.9. The van der Waals surface area contributed by atoms with E-state index in [2.05, 4.69) is 12.8 Å². The predicted molar refractivity (Wildman–Crippen MR) is 120 cm³/mol. The van der Waals surface area contributed by atoms with Gasteiger partial charge in [0.2, 0.25) is 0 Å². The highest BCUT2D eigenvalue weighted by Crippen LogP contribution is 2.37. The summed E-state index contributed by atoms with van der Waals surface area (Å²) in [6.45, 7) is 2.90. The van der Waals surface area contributed by atoms with Crippen LogP contribution in [-0.2, 0) is 0 Å².